The number of hydrogen-bond acceptors (Lipinski definition) is 2. The van der Waals surface area contributed by atoms with Crippen LogP contribution in [0.15, 0.2) is 18.3 Å². The minimum absolute atomic E-state index is 0. The standard InChI is InChI=1S/C8H9N3.H2/c1-2-6-3-4-7-8(10-6)5-9-11-7;/h3-5H,2H2,1H3,(H,9,11);1H. The summed E-state index contributed by atoms with van der Waals surface area (Å²) in [7, 11) is 0. The quantitative estimate of drug-likeness (QED) is 0.671. The maximum absolute atomic E-state index is 4.36. The van der Waals surface area contributed by atoms with Gasteiger partial charge in [-0.1, -0.05) is 6.92 Å². The maximum atomic E-state index is 4.36. The van der Waals surface area contributed by atoms with E-state index < -0.39 is 0 Å². The lowest BCUT2D eigenvalue weighted by molar-refractivity contribution is 1.06. The van der Waals surface area contributed by atoms with Gasteiger partial charge in [-0.2, -0.15) is 5.10 Å². The first kappa shape index (κ1) is 6.34. The van der Waals surface area contributed by atoms with E-state index in [-0.39, 0.29) is 1.43 Å². The summed E-state index contributed by atoms with van der Waals surface area (Å²) < 4.78 is 0. The van der Waals surface area contributed by atoms with Crippen LogP contribution in [-0.4, -0.2) is 15.2 Å². The largest absolute Gasteiger partial charge is 0.276 e. The summed E-state index contributed by atoms with van der Waals surface area (Å²) in [5.74, 6) is 0. The number of aryl methyl sites for hydroxylation is 1. The zero-order valence-electron chi connectivity index (χ0n) is 6.33. The fourth-order valence-corrected chi connectivity index (χ4v) is 1.07. The number of pyridine rings is 1. The first-order valence-corrected chi connectivity index (χ1v) is 3.69. The second-order valence-electron chi connectivity index (χ2n) is 2.46. The molecule has 0 saturated heterocycles. The van der Waals surface area contributed by atoms with Gasteiger partial charge in [-0.25, -0.2) is 4.98 Å². The molecule has 0 saturated carbocycles. The highest BCUT2D eigenvalue weighted by Gasteiger charge is 1.96. The highest BCUT2D eigenvalue weighted by molar-refractivity contribution is 5.72. The van der Waals surface area contributed by atoms with Crippen molar-refractivity contribution in [3.8, 4) is 0 Å². The predicted octanol–water partition coefficient (Wildman–Crippen LogP) is 1.77. The average molecular weight is 149 g/mol. The molecule has 2 rings (SSSR count). The monoisotopic (exact) mass is 149 g/mol. The lowest BCUT2D eigenvalue weighted by atomic mass is 10.3. The molecule has 0 aliphatic heterocycles. The molecule has 0 aliphatic carbocycles. The molecule has 2 aromatic rings. The van der Waals surface area contributed by atoms with E-state index in [1.165, 1.54) is 0 Å². The van der Waals surface area contributed by atoms with Crippen molar-refractivity contribution in [1.29, 1.82) is 0 Å². The van der Waals surface area contributed by atoms with Crippen LogP contribution < -0.4 is 0 Å². The van der Waals surface area contributed by atoms with E-state index in [1.54, 1.807) is 6.20 Å². The van der Waals surface area contributed by atoms with Gasteiger partial charge < -0.3 is 0 Å². The molecule has 2 heterocycles. The molecular formula is C8H11N3. The number of aromatic amines is 1. The third kappa shape index (κ3) is 0.981. The van der Waals surface area contributed by atoms with Crippen molar-refractivity contribution in [3.05, 3.63) is 24.0 Å². The summed E-state index contributed by atoms with van der Waals surface area (Å²) in [5, 5.41) is 6.75. The fraction of sp³-hybridized carbons (Fsp3) is 0.250. The van der Waals surface area contributed by atoms with E-state index in [0.29, 0.717) is 0 Å². The van der Waals surface area contributed by atoms with E-state index in [0.717, 1.165) is 23.1 Å². The predicted molar refractivity (Wildman–Crippen MR) is 45.4 cm³/mol. The molecule has 1 N–H and O–H groups in total. The number of nitrogens with zero attached hydrogens (tertiary/aromatic N) is 2. The molecule has 0 unspecified atom stereocenters. The Labute approximate surface area is 65.9 Å². The minimum Gasteiger partial charge on any atom is -0.276 e. The van der Waals surface area contributed by atoms with Crippen molar-refractivity contribution < 1.29 is 1.43 Å². The molecule has 2 aromatic heterocycles. The van der Waals surface area contributed by atoms with E-state index in [2.05, 4.69) is 22.1 Å². The third-order valence-electron chi connectivity index (χ3n) is 1.72. The van der Waals surface area contributed by atoms with Crippen LogP contribution in [0.4, 0.5) is 0 Å². The molecule has 0 amide bonds. The molecule has 0 aliphatic rings. The summed E-state index contributed by atoms with van der Waals surface area (Å²) in [5.41, 5.74) is 3.06. The number of hydrogen-bond donors (Lipinski definition) is 1. The lowest BCUT2D eigenvalue weighted by Gasteiger charge is -1.93. The molecule has 0 aromatic carbocycles. The van der Waals surface area contributed by atoms with Gasteiger partial charge in [0.15, 0.2) is 0 Å². The summed E-state index contributed by atoms with van der Waals surface area (Å²) in [4.78, 5) is 4.36. The average Bonchev–Trinajstić information content (AvgIpc) is 2.50. The number of H-pyrrole nitrogens is 1. The molecule has 3 nitrogen and oxygen atoms in total. The van der Waals surface area contributed by atoms with Crippen LogP contribution in [0.1, 0.15) is 14.0 Å². The van der Waals surface area contributed by atoms with Crippen LogP contribution in [0.2, 0.25) is 0 Å². The Morgan fingerprint density at radius 3 is 3.27 bits per heavy atom. The second-order valence-corrected chi connectivity index (χ2v) is 2.46. The van der Waals surface area contributed by atoms with Crippen molar-refractivity contribution >= 4 is 11.0 Å². The van der Waals surface area contributed by atoms with Gasteiger partial charge in [0.05, 0.1) is 11.7 Å². The molecule has 3 heteroatoms. The first-order valence-electron chi connectivity index (χ1n) is 3.69. The van der Waals surface area contributed by atoms with Gasteiger partial charge >= 0.3 is 0 Å². The topological polar surface area (TPSA) is 41.6 Å². The van der Waals surface area contributed by atoms with Gasteiger partial charge in [0.2, 0.25) is 0 Å². The van der Waals surface area contributed by atoms with E-state index in [1.807, 2.05) is 12.1 Å². The van der Waals surface area contributed by atoms with Gasteiger partial charge in [0.25, 0.3) is 0 Å². The van der Waals surface area contributed by atoms with E-state index >= 15 is 0 Å². The number of nitrogens with one attached hydrogen (secondary N) is 1. The normalized spacial score (nSPS) is 10.6. The Balaban J connectivity index is 0.000000720. The fourth-order valence-electron chi connectivity index (χ4n) is 1.07. The smallest absolute Gasteiger partial charge is 0.108 e. The van der Waals surface area contributed by atoms with E-state index in [9.17, 15) is 0 Å². The molecule has 0 atom stereocenters. The van der Waals surface area contributed by atoms with Gasteiger partial charge in [0, 0.05) is 7.12 Å². The van der Waals surface area contributed by atoms with Crippen molar-refractivity contribution in [1.82, 2.24) is 15.2 Å². The number of fused-ring (bicyclic) bond motifs is 1. The molecule has 0 fully saturated rings. The first-order chi connectivity index (χ1) is 5.40. The van der Waals surface area contributed by atoms with Crippen LogP contribution >= 0.6 is 0 Å². The van der Waals surface area contributed by atoms with Crippen LogP contribution in [0, 0.1) is 0 Å². The van der Waals surface area contributed by atoms with Gasteiger partial charge in [-0.3, -0.25) is 5.10 Å². The summed E-state index contributed by atoms with van der Waals surface area (Å²) in [6.07, 6.45) is 2.72. The molecule has 0 bridgehead atoms. The molecule has 58 valence electrons. The maximum Gasteiger partial charge on any atom is 0.108 e. The molecule has 11 heavy (non-hydrogen) atoms. The van der Waals surface area contributed by atoms with Gasteiger partial charge in [-0.05, 0) is 18.6 Å². The minimum atomic E-state index is 0. The summed E-state index contributed by atoms with van der Waals surface area (Å²) in [6.45, 7) is 2.09. The van der Waals surface area contributed by atoms with Crippen molar-refractivity contribution in [2.75, 3.05) is 0 Å². The number of aromatic nitrogens is 3. The Morgan fingerprint density at radius 2 is 2.45 bits per heavy atom. The van der Waals surface area contributed by atoms with Crippen molar-refractivity contribution in [2.45, 2.75) is 13.3 Å². The molecular weight excluding hydrogens is 138 g/mol. The summed E-state index contributed by atoms with van der Waals surface area (Å²) >= 11 is 0. The summed E-state index contributed by atoms with van der Waals surface area (Å²) in [6, 6.07) is 4.02. The van der Waals surface area contributed by atoms with E-state index in [4.69, 9.17) is 0 Å². The molecule has 0 radical (unpaired) electrons. The van der Waals surface area contributed by atoms with Crippen LogP contribution in [-0.2, 0) is 6.42 Å². The van der Waals surface area contributed by atoms with Crippen molar-refractivity contribution in [3.63, 3.8) is 0 Å². The Bertz CT molecular complexity index is 369. The highest BCUT2D eigenvalue weighted by atomic mass is 15.1. The Morgan fingerprint density at radius 1 is 1.55 bits per heavy atom. The Kier molecular flexibility index (Phi) is 1.35. The van der Waals surface area contributed by atoms with Gasteiger partial charge in [-0.15, -0.1) is 0 Å². The zero-order valence-corrected chi connectivity index (χ0v) is 6.33. The van der Waals surface area contributed by atoms with Crippen molar-refractivity contribution in [2.24, 2.45) is 0 Å². The number of rotatable bonds is 1. The highest BCUT2D eigenvalue weighted by Crippen LogP contribution is 2.07. The third-order valence-corrected chi connectivity index (χ3v) is 1.72. The second kappa shape index (κ2) is 2.34. The van der Waals surface area contributed by atoms with Crippen LogP contribution in [0.5, 0.6) is 0 Å². The van der Waals surface area contributed by atoms with Crippen LogP contribution in [0.3, 0.4) is 0 Å². The lowest BCUT2D eigenvalue weighted by Crippen LogP contribution is -1.84. The van der Waals surface area contributed by atoms with Gasteiger partial charge in [0.1, 0.15) is 5.52 Å². The Hall–Kier alpha value is -1.38. The molecule has 0 spiro atoms. The SMILES string of the molecule is CCc1ccc2[nH]ncc2n1.[HH]. The van der Waals surface area contributed by atoms with Crippen LogP contribution in [0.25, 0.3) is 11.0 Å². The zero-order chi connectivity index (χ0) is 7.68.